The number of ether oxygens (including phenoxy) is 1. The predicted octanol–water partition coefficient (Wildman–Crippen LogP) is 6.47. The van der Waals surface area contributed by atoms with Gasteiger partial charge in [-0.15, -0.1) is 0 Å². The lowest BCUT2D eigenvalue weighted by Crippen LogP contribution is -2.30. The van der Waals surface area contributed by atoms with Gasteiger partial charge < -0.3 is 14.6 Å². The molecule has 184 valence electrons. The third-order valence-electron chi connectivity index (χ3n) is 6.59. The van der Waals surface area contributed by atoms with E-state index in [9.17, 15) is 4.79 Å². The Bertz CT molecular complexity index is 1020. The van der Waals surface area contributed by atoms with Gasteiger partial charge in [0.25, 0.3) is 0 Å². The fourth-order valence-corrected chi connectivity index (χ4v) is 4.44. The van der Waals surface area contributed by atoms with Crippen LogP contribution in [0.4, 0.5) is 0 Å². The van der Waals surface area contributed by atoms with Gasteiger partial charge in [0.2, 0.25) is 5.91 Å². The summed E-state index contributed by atoms with van der Waals surface area (Å²) in [5, 5.41) is 3.10. The molecule has 0 bridgehead atoms. The summed E-state index contributed by atoms with van der Waals surface area (Å²) < 4.78 is 8.35. The Labute approximate surface area is 204 Å². The molecule has 0 radical (unpaired) electrons. The van der Waals surface area contributed by atoms with Crippen molar-refractivity contribution in [1.29, 1.82) is 0 Å². The summed E-state index contributed by atoms with van der Waals surface area (Å²) in [4.78, 5) is 17.0. The Hall–Kier alpha value is -2.82. The van der Waals surface area contributed by atoms with Crippen LogP contribution in [0.15, 0.2) is 48.5 Å². The van der Waals surface area contributed by atoms with E-state index in [0.717, 1.165) is 82.3 Å². The second-order valence-corrected chi connectivity index (χ2v) is 9.10. The Balaban J connectivity index is 1.45. The van der Waals surface area contributed by atoms with E-state index in [1.54, 1.807) is 0 Å². The van der Waals surface area contributed by atoms with Gasteiger partial charge in [-0.1, -0.05) is 50.6 Å². The van der Waals surface area contributed by atoms with Crippen LogP contribution in [0.25, 0.3) is 11.0 Å². The molecule has 1 amide bonds. The number of aromatic nitrogens is 2. The topological polar surface area (TPSA) is 56.2 Å². The van der Waals surface area contributed by atoms with E-state index in [-0.39, 0.29) is 11.8 Å². The lowest BCUT2D eigenvalue weighted by molar-refractivity contribution is -0.125. The van der Waals surface area contributed by atoms with Crippen molar-refractivity contribution in [1.82, 2.24) is 14.9 Å². The van der Waals surface area contributed by atoms with Crippen LogP contribution in [-0.4, -0.2) is 28.6 Å². The van der Waals surface area contributed by atoms with E-state index < -0.39 is 0 Å². The van der Waals surface area contributed by atoms with Crippen LogP contribution in [0.1, 0.15) is 70.2 Å². The maximum absolute atomic E-state index is 12.1. The standard InChI is InChI=1S/C29H41N3O2/c1-4-24(5-2)29(33)30-20-12-6-7-19-28-31-25-16-9-10-17-26(25)32(28)21-13-14-22-34-27-18-11-8-15-23(27)3/h8-11,15-18,24H,4-7,12-14,19-22H2,1-3H3,(H,30,33). The maximum atomic E-state index is 12.1. The van der Waals surface area contributed by atoms with Gasteiger partial charge in [0.15, 0.2) is 0 Å². The monoisotopic (exact) mass is 463 g/mol. The summed E-state index contributed by atoms with van der Waals surface area (Å²) in [6, 6.07) is 16.6. The molecule has 0 saturated heterocycles. The second kappa shape index (κ2) is 13.8. The fraction of sp³-hybridized carbons (Fsp3) is 0.517. The number of hydrogen-bond acceptors (Lipinski definition) is 3. The van der Waals surface area contributed by atoms with Gasteiger partial charge in [-0.2, -0.15) is 0 Å². The Morgan fingerprint density at radius 3 is 2.53 bits per heavy atom. The fourth-order valence-electron chi connectivity index (χ4n) is 4.44. The van der Waals surface area contributed by atoms with E-state index in [1.807, 2.05) is 18.2 Å². The van der Waals surface area contributed by atoms with Crippen molar-refractivity contribution in [2.75, 3.05) is 13.2 Å². The molecule has 3 rings (SSSR count). The van der Waals surface area contributed by atoms with Crippen LogP contribution in [0.5, 0.6) is 5.75 Å². The number of imidazole rings is 1. The van der Waals surface area contributed by atoms with E-state index >= 15 is 0 Å². The highest BCUT2D eigenvalue weighted by Crippen LogP contribution is 2.20. The van der Waals surface area contributed by atoms with Gasteiger partial charge in [0.1, 0.15) is 11.6 Å². The minimum absolute atomic E-state index is 0.155. The largest absolute Gasteiger partial charge is 0.493 e. The minimum atomic E-state index is 0.155. The van der Waals surface area contributed by atoms with Crippen molar-refractivity contribution in [2.24, 2.45) is 5.92 Å². The maximum Gasteiger partial charge on any atom is 0.223 e. The molecule has 1 N–H and O–H groups in total. The predicted molar refractivity (Wildman–Crippen MR) is 140 cm³/mol. The van der Waals surface area contributed by atoms with E-state index in [4.69, 9.17) is 9.72 Å². The molecule has 0 saturated carbocycles. The number of amides is 1. The second-order valence-electron chi connectivity index (χ2n) is 9.10. The highest BCUT2D eigenvalue weighted by molar-refractivity contribution is 5.78. The molecule has 0 aliphatic heterocycles. The van der Waals surface area contributed by atoms with Gasteiger partial charge in [0, 0.05) is 25.4 Å². The zero-order valence-electron chi connectivity index (χ0n) is 21.2. The molecule has 0 aliphatic rings. The number of nitrogens with zero attached hydrogens (tertiary/aromatic N) is 2. The van der Waals surface area contributed by atoms with E-state index in [2.05, 4.69) is 61.0 Å². The molecule has 1 heterocycles. The lowest BCUT2D eigenvalue weighted by atomic mass is 10.0. The third-order valence-corrected chi connectivity index (χ3v) is 6.59. The van der Waals surface area contributed by atoms with Gasteiger partial charge in [-0.25, -0.2) is 4.98 Å². The smallest absolute Gasteiger partial charge is 0.223 e. The zero-order valence-corrected chi connectivity index (χ0v) is 21.2. The minimum Gasteiger partial charge on any atom is -0.493 e. The summed E-state index contributed by atoms with van der Waals surface area (Å²) in [7, 11) is 0. The number of rotatable bonds is 15. The normalized spacial score (nSPS) is 11.3. The first-order chi connectivity index (χ1) is 16.6. The first-order valence-corrected chi connectivity index (χ1v) is 13.0. The Morgan fingerprint density at radius 2 is 1.74 bits per heavy atom. The van der Waals surface area contributed by atoms with Crippen LogP contribution < -0.4 is 10.1 Å². The molecular weight excluding hydrogens is 422 g/mol. The van der Waals surface area contributed by atoms with Crippen LogP contribution in [0.3, 0.4) is 0 Å². The van der Waals surface area contributed by atoms with Crippen LogP contribution in [-0.2, 0) is 17.8 Å². The summed E-state index contributed by atoms with van der Waals surface area (Å²) >= 11 is 0. The van der Waals surface area contributed by atoms with Crippen molar-refractivity contribution >= 4 is 16.9 Å². The lowest BCUT2D eigenvalue weighted by Gasteiger charge is -2.13. The van der Waals surface area contributed by atoms with Crippen molar-refractivity contribution in [3.8, 4) is 5.75 Å². The van der Waals surface area contributed by atoms with Gasteiger partial charge in [-0.05, 0) is 69.2 Å². The average molecular weight is 464 g/mol. The van der Waals surface area contributed by atoms with Crippen molar-refractivity contribution < 1.29 is 9.53 Å². The number of para-hydroxylation sites is 3. The van der Waals surface area contributed by atoms with Crippen molar-refractivity contribution in [3.63, 3.8) is 0 Å². The third kappa shape index (κ3) is 7.34. The quantitative estimate of drug-likeness (QED) is 0.263. The molecule has 5 nitrogen and oxygen atoms in total. The SMILES string of the molecule is CCC(CC)C(=O)NCCCCCc1nc2ccccc2n1CCCCOc1ccccc1C. The summed E-state index contributed by atoms with van der Waals surface area (Å²) in [5.74, 6) is 2.51. The summed E-state index contributed by atoms with van der Waals surface area (Å²) in [5.41, 5.74) is 3.47. The Kier molecular flexibility index (Phi) is 10.5. The van der Waals surface area contributed by atoms with Gasteiger partial charge in [0.05, 0.1) is 17.6 Å². The van der Waals surface area contributed by atoms with Crippen molar-refractivity contribution in [2.45, 2.75) is 78.7 Å². The highest BCUT2D eigenvalue weighted by Gasteiger charge is 2.13. The molecule has 0 atom stereocenters. The van der Waals surface area contributed by atoms with Gasteiger partial charge >= 0.3 is 0 Å². The number of carbonyl (C=O) groups is 1. The zero-order chi connectivity index (χ0) is 24.2. The highest BCUT2D eigenvalue weighted by atomic mass is 16.5. The van der Waals surface area contributed by atoms with Crippen LogP contribution in [0.2, 0.25) is 0 Å². The summed E-state index contributed by atoms with van der Waals surface area (Å²) in [6.45, 7) is 8.70. The molecule has 0 spiro atoms. The van der Waals surface area contributed by atoms with Crippen LogP contribution in [0, 0.1) is 12.8 Å². The molecule has 1 aromatic heterocycles. The number of carbonyl (C=O) groups excluding carboxylic acids is 1. The average Bonchev–Trinajstić information content (AvgIpc) is 3.20. The number of fused-ring (bicyclic) bond motifs is 1. The molecule has 2 aromatic carbocycles. The first kappa shape index (κ1) is 25.8. The number of hydrogen-bond donors (Lipinski definition) is 1. The van der Waals surface area contributed by atoms with Crippen molar-refractivity contribution in [3.05, 3.63) is 59.9 Å². The molecule has 5 heteroatoms. The van der Waals surface area contributed by atoms with E-state index in [1.165, 1.54) is 16.9 Å². The molecule has 34 heavy (non-hydrogen) atoms. The number of benzene rings is 2. The Morgan fingerprint density at radius 1 is 0.971 bits per heavy atom. The van der Waals surface area contributed by atoms with Crippen LogP contribution >= 0.6 is 0 Å². The number of nitrogens with one attached hydrogen (secondary N) is 1. The first-order valence-electron chi connectivity index (χ1n) is 13.0. The van der Waals surface area contributed by atoms with Gasteiger partial charge in [-0.3, -0.25) is 4.79 Å². The molecule has 0 unspecified atom stereocenters. The molecule has 0 fully saturated rings. The number of unbranched alkanes of at least 4 members (excludes halogenated alkanes) is 3. The molecular formula is C29H41N3O2. The van der Waals surface area contributed by atoms with E-state index in [0.29, 0.717) is 0 Å². The number of aryl methyl sites for hydroxylation is 3. The molecule has 3 aromatic rings. The summed E-state index contributed by atoms with van der Waals surface area (Å²) in [6.07, 6.45) is 8.05. The molecule has 0 aliphatic carbocycles.